The van der Waals surface area contributed by atoms with E-state index in [1.165, 1.54) is 12.2 Å². The van der Waals surface area contributed by atoms with Crippen molar-refractivity contribution in [1.82, 2.24) is 10.6 Å². The number of hydrogen-bond acceptors (Lipinski definition) is 3. The molecule has 1 amide bonds. The summed E-state index contributed by atoms with van der Waals surface area (Å²) in [4.78, 5) is 12.2. The number of hydrogen-bond donors (Lipinski definition) is 2. The number of amides is 1. The average molecular weight is 256 g/mol. The van der Waals surface area contributed by atoms with Crippen molar-refractivity contribution in [3.63, 3.8) is 0 Å². The molecule has 3 nitrogen and oxygen atoms in total. The third kappa shape index (κ3) is 3.16. The number of thioether (sulfide) groups is 1. The highest BCUT2D eigenvalue weighted by atomic mass is 32.2. The molecule has 1 saturated heterocycles. The van der Waals surface area contributed by atoms with E-state index < -0.39 is 0 Å². The van der Waals surface area contributed by atoms with Gasteiger partial charge in [0.2, 0.25) is 5.91 Å². The van der Waals surface area contributed by atoms with Crippen LogP contribution in [-0.2, 0) is 4.79 Å². The molecule has 1 aliphatic heterocycles. The van der Waals surface area contributed by atoms with Crippen LogP contribution in [0, 0.1) is 5.41 Å². The molecule has 2 rings (SSSR count). The number of rotatable bonds is 4. The molecule has 1 aliphatic carbocycles. The Kier molecular flexibility index (Phi) is 4.36. The topological polar surface area (TPSA) is 41.1 Å². The predicted octanol–water partition coefficient (Wildman–Crippen LogP) is 1.78. The van der Waals surface area contributed by atoms with Gasteiger partial charge < -0.3 is 10.6 Å². The van der Waals surface area contributed by atoms with Gasteiger partial charge in [-0.2, -0.15) is 11.8 Å². The minimum absolute atomic E-state index is 0.171. The van der Waals surface area contributed by atoms with Crippen LogP contribution in [0.2, 0.25) is 0 Å². The van der Waals surface area contributed by atoms with Crippen molar-refractivity contribution in [2.75, 3.05) is 18.8 Å². The van der Waals surface area contributed by atoms with Crippen molar-refractivity contribution < 1.29 is 4.79 Å². The van der Waals surface area contributed by atoms with Gasteiger partial charge in [0.25, 0.3) is 0 Å². The Balaban J connectivity index is 1.80. The summed E-state index contributed by atoms with van der Waals surface area (Å²) in [6.45, 7) is 6.10. The van der Waals surface area contributed by atoms with Crippen LogP contribution in [0.3, 0.4) is 0 Å². The lowest BCUT2D eigenvalue weighted by Gasteiger charge is -2.24. The maximum atomic E-state index is 12.2. The van der Waals surface area contributed by atoms with Gasteiger partial charge in [-0.1, -0.05) is 6.92 Å². The molecule has 0 radical (unpaired) electrons. The van der Waals surface area contributed by atoms with Gasteiger partial charge in [-0.3, -0.25) is 4.79 Å². The van der Waals surface area contributed by atoms with E-state index in [9.17, 15) is 4.79 Å². The van der Waals surface area contributed by atoms with Gasteiger partial charge in [0.1, 0.15) is 0 Å². The molecule has 1 saturated carbocycles. The molecule has 0 bridgehead atoms. The number of nitrogens with one attached hydrogen (secondary N) is 2. The molecular formula is C13H24N2OS. The van der Waals surface area contributed by atoms with Crippen molar-refractivity contribution in [3.05, 3.63) is 0 Å². The van der Waals surface area contributed by atoms with Crippen molar-refractivity contribution >= 4 is 17.7 Å². The van der Waals surface area contributed by atoms with Crippen LogP contribution >= 0.6 is 11.8 Å². The summed E-state index contributed by atoms with van der Waals surface area (Å²) in [6, 6.07) is 0.420. The maximum absolute atomic E-state index is 12.2. The van der Waals surface area contributed by atoms with Gasteiger partial charge in [-0.15, -0.1) is 0 Å². The third-order valence-electron chi connectivity index (χ3n) is 4.04. The maximum Gasteiger partial charge on any atom is 0.227 e. The van der Waals surface area contributed by atoms with Gasteiger partial charge in [0.05, 0.1) is 5.41 Å². The highest BCUT2D eigenvalue weighted by molar-refractivity contribution is 7.99. The lowest BCUT2D eigenvalue weighted by molar-refractivity contribution is -0.129. The molecule has 2 aliphatic rings. The van der Waals surface area contributed by atoms with Gasteiger partial charge >= 0.3 is 0 Å². The molecule has 0 spiro atoms. The fourth-order valence-corrected chi connectivity index (χ4v) is 3.97. The number of carbonyl (C=O) groups excluding carboxylic acids is 1. The second kappa shape index (κ2) is 5.61. The smallest absolute Gasteiger partial charge is 0.227 e. The van der Waals surface area contributed by atoms with E-state index in [-0.39, 0.29) is 11.3 Å². The van der Waals surface area contributed by atoms with E-state index in [2.05, 4.69) is 24.5 Å². The summed E-state index contributed by atoms with van der Waals surface area (Å²) < 4.78 is 0. The van der Waals surface area contributed by atoms with E-state index in [4.69, 9.17) is 0 Å². The minimum atomic E-state index is -0.171. The van der Waals surface area contributed by atoms with E-state index in [0.29, 0.717) is 6.04 Å². The highest BCUT2D eigenvalue weighted by Gasteiger charge is 2.38. The zero-order valence-corrected chi connectivity index (χ0v) is 11.7. The van der Waals surface area contributed by atoms with Crippen LogP contribution in [0.1, 0.15) is 39.5 Å². The Bertz CT molecular complexity index is 277. The molecule has 17 heavy (non-hydrogen) atoms. The molecule has 4 heteroatoms. The number of carbonyl (C=O) groups is 1. The fraction of sp³-hybridized carbons (Fsp3) is 0.923. The molecule has 1 heterocycles. The predicted molar refractivity (Wildman–Crippen MR) is 73.3 cm³/mol. The van der Waals surface area contributed by atoms with Crippen LogP contribution in [0.4, 0.5) is 0 Å². The van der Waals surface area contributed by atoms with Crippen LogP contribution in [0.5, 0.6) is 0 Å². The van der Waals surface area contributed by atoms with Crippen LogP contribution in [0.15, 0.2) is 0 Å². The van der Waals surface area contributed by atoms with E-state index >= 15 is 0 Å². The Morgan fingerprint density at radius 3 is 3.00 bits per heavy atom. The third-order valence-corrected chi connectivity index (χ3v) is 5.27. The zero-order chi connectivity index (χ0) is 12.3. The second-order valence-electron chi connectivity index (χ2n) is 5.55. The fourth-order valence-electron chi connectivity index (χ4n) is 2.83. The Morgan fingerprint density at radius 2 is 2.35 bits per heavy atom. The lowest BCUT2D eigenvalue weighted by atomic mass is 9.88. The SMILES string of the molecule is CCSC1CCC(NC(=O)C2(C)CCNC2)C1. The summed E-state index contributed by atoms with van der Waals surface area (Å²) >= 11 is 2.04. The van der Waals surface area contributed by atoms with E-state index in [1.807, 2.05) is 11.8 Å². The Labute approximate surface area is 108 Å². The van der Waals surface area contributed by atoms with E-state index in [1.54, 1.807) is 0 Å². The summed E-state index contributed by atoms with van der Waals surface area (Å²) in [5.41, 5.74) is -0.171. The first-order valence-corrected chi connectivity index (χ1v) is 7.82. The van der Waals surface area contributed by atoms with Gasteiger partial charge in [0, 0.05) is 17.8 Å². The first-order valence-electron chi connectivity index (χ1n) is 6.77. The summed E-state index contributed by atoms with van der Waals surface area (Å²) in [5, 5.41) is 7.30. The van der Waals surface area contributed by atoms with Crippen LogP contribution < -0.4 is 10.6 Å². The molecule has 3 unspecified atom stereocenters. The second-order valence-corrected chi connectivity index (χ2v) is 7.13. The zero-order valence-electron chi connectivity index (χ0n) is 10.9. The van der Waals surface area contributed by atoms with Crippen molar-refractivity contribution in [3.8, 4) is 0 Å². The first-order chi connectivity index (χ1) is 8.14. The summed E-state index contributed by atoms with van der Waals surface area (Å²) in [7, 11) is 0. The van der Waals surface area contributed by atoms with Crippen molar-refractivity contribution in [1.29, 1.82) is 0 Å². The van der Waals surface area contributed by atoms with Gasteiger partial charge in [0.15, 0.2) is 0 Å². The monoisotopic (exact) mass is 256 g/mol. The molecule has 0 aromatic heterocycles. The van der Waals surface area contributed by atoms with Crippen LogP contribution in [0.25, 0.3) is 0 Å². The lowest BCUT2D eigenvalue weighted by Crippen LogP contribution is -2.44. The standard InChI is InChI=1S/C13H24N2OS/c1-3-17-11-5-4-10(8-11)15-12(16)13(2)6-7-14-9-13/h10-11,14H,3-9H2,1-2H3,(H,15,16). The van der Waals surface area contributed by atoms with E-state index in [0.717, 1.165) is 37.6 Å². The average Bonchev–Trinajstić information content (AvgIpc) is 2.90. The first kappa shape index (κ1) is 13.2. The Hall–Kier alpha value is -0.220. The normalized spacial score (nSPS) is 37.3. The molecule has 98 valence electrons. The molecule has 0 aromatic carbocycles. The van der Waals surface area contributed by atoms with Gasteiger partial charge in [-0.05, 0) is 44.9 Å². The van der Waals surface area contributed by atoms with Crippen LogP contribution in [-0.4, -0.2) is 36.0 Å². The quantitative estimate of drug-likeness (QED) is 0.805. The van der Waals surface area contributed by atoms with Crippen molar-refractivity contribution in [2.45, 2.75) is 50.8 Å². The minimum Gasteiger partial charge on any atom is -0.353 e. The highest BCUT2D eigenvalue weighted by Crippen LogP contribution is 2.31. The summed E-state index contributed by atoms with van der Waals surface area (Å²) in [6.07, 6.45) is 4.55. The largest absolute Gasteiger partial charge is 0.353 e. The Morgan fingerprint density at radius 1 is 1.53 bits per heavy atom. The molecule has 0 aromatic rings. The molecule has 3 atom stereocenters. The van der Waals surface area contributed by atoms with Crippen molar-refractivity contribution in [2.24, 2.45) is 5.41 Å². The molecular weight excluding hydrogens is 232 g/mol. The summed E-state index contributed by atoms with van der Waals surface area (Å²) in [5.74, 6) is 1.45. The molecule has 2 fully saturated rings. The molecule has 2 N–H and O–H groups in total. The van der Waals surface area contributed by atoms with Gasteiger partial charge in [-0.25, -0.2) is 0 Å².